The van der Waals surface area contributed by atoms with Gasteiger partial charge >= 0.3 is 0 Å². The molecule has 0 amide bonds. The lowest BCUT2D eigenvalue weighted by Crippen LogP contribution is -2.27. The van der Waals surface area contributed by atoms with E-state index in [9.17, 15) is 0 Å². The van der Waals surface area contributed by atoms with Gasteiger partial charge in [-0.2, -0.15) is 0 Å². The molecular weight excluding hydrogens is 266 g/mol. The van der Waals surface area contributed by atoms with Crippen molar-refractivity contribution in [3.05, 3.63) is 23.7 Å². The Bertz CT molecular complexity index is 402. The van der Waals surface area contributed by atoms with E-state index in [-0.39, 0.29) is 0 Å². The summed E-state index contributed by atoms with van der Waals surface area (Å²) in [6.45, 7) is 6.86. The van der Waals surface area contributed by atoms with Crippen molar-refractivity contribution in [3.63, 3.8) is 0 Å². The number of ether oxygens (including phenoxy) is 2. The van der Waals surface area contributed by atoms with Crippen molar-refractivity contribution in [3.8, 4) is 0 Å². The lowest BCUT2D eigenvalue weighted by molar-refractivity contribution is -0.0405. The van der Waals surface area contributed by atoms with E-state index in [0.717, 1.165) is 38.1 Å². The van der Waals surface area contributed by atoms with Gasteiger partial charge in [0.15, 0.2) is 0 Å². The van der Waals surface area contributed by atoms with Crippen LogP contribution in [0.1, 0.15) is 50.9 Å². The number of hydrogen-bond donors (Lipinski definition) is 1. The monoisotopic (exact) mass is 295 g/mol. The standard InChI is InChI=1S/C17H29NO3/c1-13(2)9-18-10-14-7-17(20-11-14)12-21-16-6-4-5-15(8-16)19-3/h7,11,13,15-16,18H,4-6,8-10,12H2,1-3H3. The molecular formula is C17H29NO3. The molecule has 0 aromatic carbocycles. The number of furan rings is 1. The number of rotatable bonds is 8. The van der Waals surface area contributed by atoms with E-state index in [1.54, 1.807) is 7.11 Å². The van der Waals surface area contributed by atoms with Gasteiger partial charge in [0.2, 0.25) is 0 Å². The highest BCUT2D eigenvalue weighted by Gasteiger charge is 2.22. The first kappa shape index (κ1) is 16.5. The Hall–Kier alpha value is -0.840. The number of nitrogens with one attached hydrogen (secondary N) is 1. The van der Waals surface area contributed by atoms with Crippen molar-refractivity contribution < 1.29 is 13.9 Å². The van der Waals surface area contributed by atoms with E-state index in [4.69, 9.17) is 13.9 Å². The van der Waals surface area contributed by atoms with Crippen molar-refractivity contribution in [1.82, 2.24) is 5.32 Å². The quantitative estimate of drug-likeness (QED) is 0.797. The summed E-state index contributed by atoms with van der Waals surface area (Å²) in [4.78, 5) is 0. The summed E-state index contributed by atoms with van der Waals surface area (Å²) in [5, 5.41) is 3.42. The van der Waals surface area contributed by atoms with Crippen molar-refractivity contribution in [2.45, 2.75) is 64.9 Å². The van der Waals surface area contributed by atoms with E-state index < -0.39 is 0 Å². The maximum absolute atomic E-state index is 5.96. The third kappa shape index (κ3) is 5.81. The van der Waals surface area contributed by atoms with Gasteiger partial charge in [0.05, 0.1) is 18.5 Å². The van der Waals surface area contributed by atoms with Crippen LogP contribution in [0, 0.1) is 5.92 Å². The van der Waals surface area contributed by atoms with Crippen LogP contribution in [0.15, 0.2) is 16.7 Å². The Labute approximate surface area is 128 Å². The molecule has 0 saturated heterocycles. The Morgan fingerprint density at radius 1 is 1.33 bits per heavy atom. The molecule has 2 atom stereocenters. The average Bonchev–Trinajstić information content (AvgIpc) is 2.93. The molecule has 21 heavy (non-hydrogen) atoms. The fourth-order valence-electron chi connectivity index (χ4n) is 2.77. The molecule has 2 rings (SSSR count). The summed E-state index contributed by atoms with van der Waals surface area (Å²) in [7, 11) is 1.79. The molecule has 1 aromatic rings. The predicted octanol–water partition coefficient (Wildman–Crippen LogP) is 3.50. The fourth-order valence-corrected chi connectivity index (χ4v) is 2.77. The molecule has 1 aromatic heterocycles. The van der Waals surface area contributed by atoms with Gasteiger partial charge in [-0.1, -0.05) is 13.8 Å². The van der Waals surface area contributed by atoms with Gasteiger partial charge in [-0.05, 0) is 44.2 Å². The maximum atomic E-state index is 5.96. The molecule has 1 heterocycles. The lowest BCUT2D eigenvalue weighted by atomic mass is 9.95. The zero-order valence-corrected chi connectivity index (χ0v) is 13.6. The normalized spacial score (nSPS) is 22.9. The Morgan fingerprint density at radius 3 is 2.90 bits per heavy atom. The number of methoxy groups -OCH3 is 1. The van der Waals surface area contributed by atoms with E-state index in [2.05, 4.69) is 25.2 Å². The van der Waals surface area contributed by atoms with Crippen molar-refractivity contribution in [2.75, 3.05) is 13.7 Å². The molecule has 4 heteroatoms. The topological polar surface area (TPSA) is 43.6 Å². The molecule has 1 aliphatic rings. The molecule has 0 radical (unpaired) electrons. The lowest BCUT2D eigenvalue weighted by Gasteiger charge is -2.27. The molecule has 0 bridgehead atoms. The molecule has 2 unspecified atom stereocenters. The molecule has 1 fully saturated rings. The summed E-state index contributed by atoms with van der Waals surface area (Å²) < 4.78 is 17.0. The second kappa shape index (κ2) is 8.57. The minimum absolute atomic E-state index is 0.302. The van der Waals surface area contributed by atoms with Gasteiger partial charge in [-0.25, -0.2) is 0 Å². The minimum Gasteiger partial charge on any atom is -0.467 e. The molecule has 0 aliphatic heterocycles. The highest BCUT2D eigenvalue weighted by molar-refractivity contribution is 5.12. The smallest absolute Gasteiger partial charge is 0.129 e. The third-order valence-electron chi connectivity index (χ3n) is 3.96. The zero-order chi connectivity index (χ0) is 15.1. The van der Waals surface area contributed by atoms with Gasteiger partial charge in [-0.3, -0.25) is 0 Å². The highest BCUT2D eigenvalue weighted by atomic mass is 16.5. The first-order valence-electron chi connectivity index (χ1n) is 8.08. The SMILES string of the molecule is COC1CCCC(OCc2cc(CNCC(C)C)co2)C1. The Balaban J connectivity index is 1.70. The minimum atomic E-state index is 0.302. The van der Waals surface area contributed by atoms with Gasteiger partial charge in [0.25, 0.3) is 0 Å². The molecule has 1 N–H and O–H groups in total. The summed E-state index contributed by atoms with van der Waals surface area (Å²) in [5.41, 5.74) is 1.19. The zero-order valence-electron chi connectivity index (χ0n) is 13.6. The number of hydrogen-bond acceptors (Lipinski definition) is 4. The second-order valence-corrected chi connectivity index (χ2v) is 6.40. The van der Waals surface area contributed by atoms with Crippen LogP contribution in [0.2, 0.25) is 0 Å². The first-order chi connectivity index (χ1) is 10.2. The molecule has 1 aliphatic carbocycles. The summed E-state index contributed by atoms with van der Waals surface area (Å²) >= 11 is 0. The van der Waals surface area contributed by atoms with E-state index in [1.165, 1.54) is 12.0 Å². The van der Waals surface area contributed by atoms with E-state index in [0.29, 0.717) is 24.7 Å². The van der Waals surface area contributed by atoms with Crippen molar-refractivity contribution in [1.29, 1.82) is 0 Å². The van der Waals surface area contributed by atoms with Crippen LogP contribution < -0.4 is 5.32 Å². The maximum Gasteiger partial charge on any atom is 0.129 e. The molecule has 120 valence electrons. The van der Waals surface area contributed by atoms with E-state index in [1.807, 2.05) is 6.26 Å². The van der Waals surface area contributed by atoms with Crippen LogP contribution in [0.25, 0.3) is 0 Å². The van der Waals surface area contributed by atoms with Crippen molar-refractivity contribution in [2.24, 2.45) is 5.92 Å². The van der Waals surface area contributed by atoms with Gasteiger partial charge in [0.1, 0.15) is 12.4 Å². The van der Waals surface area contributed by atoms with Crippen LogP contribution in [0.4, 0.5) is 0 Å². The van der Waals surface area contributed by atoms with Gasteiger partial charge < -0.3 is 19.2 Å². The highest BCUT2D eigenvalue weighted by Crippen LogP contribution is 2.24. The van der Waals surface area contributed by atoms with Crippen LogP contribution in [-0.4, -0.2) is 25.9 Å². The first-order valence-corrected chi connectivity index (χ1v) is 8.08. The third-order valence-corrected chi connectivity index (χ3v) is 3.96. The average molecular weight is 295 g/mol. The molecule has 1 saturated carbocycles. The molecule has 0 spiro atoms. The molecule has 4 nitrogen and oxygen atoms in total. The van der Waals surface area contributed by atoms with Gasteiger partial charge in [0, 0.05) is 19.2 Å². The largest absolute Gasteiger partial charge is 0.467 e. The Kier molecular flexibility index (Phi) is 6.74. The Morgan fingerprint density at radius 2 is 2.14 bits per heavy atom. The fraction of sp³-hybridized carbons (Fsp3) is 0.765. The van der Waals surface area contributed by atoms with Gasteiger partial charge in [-0.15, -0.1) is 0 Å². The van der Waals surface area contributed by atoms with Crippen LogP contribution in [0.5, 0.6) is 0 Å². The van der Waals surface area contributed by atoms with Crippen LogP contribution >= 0.6 is 0 Å². The van der Waals surface area contributed by atoms with Crippen LogP contribution in [-0.2, 0) is 22.6 Å². The summed E-state index contributed by atoms with van der Waals surface area (Å²) in [6, 6.07) is 2.09. The van der Waals surface area contributed by atoms with Crippen molar-refractivity contribution >= 4 is 0 Å². The second-order valence-electron chi connectivity index (χ2n) is 6.40. The predicted molar refractivity (Wildman–Crippen MR) is 83.1 cm³/mol. The summed E-state index contributed by atoms with van der Waals surface area (Å²) in [6.07, 6.45) is 6.95. The van der Waals surface area contributed by atoms with E-state index >= 15 is 0 Å². The van der Waals surface area contributed by atoms with Crippen LogP contribution in [0.3, 0.4) is 0 Å². The summed E-state index contributed by atoms with van der Waals surface area (Å²) in [5.74, 6) is 1.58.